The summed E-state index contributed by atoms with van der Waals surface area (Å²) >= 11 is 0. The molecule has 0 aliphatic heterocycles. The standard InChI is InChI=1S/C25H44O4/c1-3-5-6-7-8-9-10-11-12-13-14-15-16-17-18-19-20-23(22-24(26)27)25(28)29-21-4-2/h4,6-7,23H,2-3,5,8-22H2,1H3,(H,26,27)/b7-6+. The van der Waals surface area contributed by atoms with Crippen LogP contribution >= 0.6 is 0 Å². The zero-order valence-electron chi connectivity index (χ0n) is 18.7. The first-order chi connectivity index (χ1) is 14.1. The molecule has 0 bridgehead atoms. The molecule has 0 amide bonds. The fourth-order valence-electron chi connectivity index (χ4n) is 3.42. The minimum Gasteiger partial charge on any atom is -0.481 e. The van der Waals surface area contributed by atoms with Crippen LogP contribution in [0.1, 0.15) is 110 Å². The molecule has 0 aromatic heterocycles. The number of unbranched alkanes of at least 4 members (excludes halogenated alkanes) is 12. The summed E-state index contributed by atoms with van der Waals surface area (Å²) in [7, 11) is 0. The van der Waals surface area contributed by atoms with Crippen LogP contribution in [0, 0.1) is 5.92 Å². The SMILES string of the molecule is C=CCOC(=O)C(CCCCCCCCCCCCC/C=C/CCC)CC(=O)O. The molecular weight excluding hydrogens is 364 g/mol. The number of hydrogen-bond acceptors (Lipinski definition) is 3. The molecule has 0 aromatic carbocycles. The van der Waals surface area contributed by atoms with Crippen LogP contribution in [0.3, 0.4) is 0 Å². The predicted octanol–water partition coefficient (Wildman–Crippen LogP) is 7.23. The molecule has 0 radical (unpaired) electrons. The Bertz CT molecular complexity index is 442. The second-order valence-corrected chi connectivity index (χ2v) is 7.94. The number of ether oxygens (including phenoxy) is 1. The molecule has 168 valence electrons. The molecule has 0 aromatic rings. The Kier molecular flexibility index (Phi) is 20.0. The Morgan fingerprint density at radius 3 is 1.90 bits per heavy atom. The molecule has 1 atom stereocenters. The number of allylic oxidation sites excluding steroid dienone is 2. The molecule has 0 saturated carbocycles. The molecular formula is C25H44O4. The van der Waals surface area contributed by atoms with Crippen molar-refractivity contribution in [2.45, 2.75) is 110 Å². The maximum atomic E-state index is 11.9. The average molecular weight is 409 g/mol. The van der Waals surface area contributed by atoms with Crippen molar-refractivity contribution in [2.75, 3.05) is 6.61 Å². The smallest absolute Gasteiger partial charge is 0.309 e. The molecule has 4 nitrogen and oxygen atoms in total. The lowest BCUT2D eigenvalue weighted by molar-refractivity contribution is -0.152. The van der Waals surface area contributed by atoms with Gasteiger partial charge in [0, 0.05) is 0 Å². The summed E-state index contributed by atoms with van der Waals surface area (Å²) < 4.78 is 5.01. The number of hydrogen-bond donors (Lipinski definition) is 1. The molecule has 0 rings (SSSR count). The Morgan fingerprint density at radius 2 is 1.38 bits per heavy atom. The highest BCUT2D eigenvalue weighted by Crippen LogP contribution is 2.18. The second-order valence-electron chi connectivity index (χ2n) is 7.94. The topological polar surface area (TPSA) is 63.6 Å². The summed E-state index contributed by atoms with van der Waals surface area (Å²) in [5.74, 6) is -1.89. The highest BCUT2D eigenvalue weighted by atomic mass is 16.5. The molecule has 1 N–H and O–H groups in total. The molecule has 0 aliphatic rings. The first kappa shape index (κ1) is 27.4. The van der Waals surface area contributed by atoms with Crippen LogP contribution in [0.25, 0.3) is 0 Å². The van der Waals surface area contributed by atoms with Gasteiger partial charge in [-0.3, -0.25) is 9.59 Å². The van der Waals surface area contributed by atoms with Gasteiger partial charge in [-0.15, -0.1) is 0 Å². The van der Waals surface area contributed by atoms with E-state index in [1.165, 1.54) is 76.7 Å². The van der Waals surface area contributed by atoms with Gasteiger partial charge in [-0.05, 0) is 25.7 Å². The van der Waals surface area contributed by atoms with Crippen LogP contribution in [0.2, 0.25) is 0 Å². The number of aliphatic carboxylic acids is 1. The van der Waals surface area contributed by atoms with Crippen LogP contribution in [0.4, 0.5) is 0 Å². The minimum atomic E-state index is -0.946. The van der Waals surface area contributed by atoms with Gasteiger partial charge in [-0.25, -0.2) is 0 Å². The van der Waals surface area contributed by atoms with Crippen LogP contribution in [-0.2, 0) is 14.3 Å². The Morgan fingerprint density at radius 1 is 0.862 bits per heavy atom. The van der Waals surface area contributed by atoms with Crippen LogP contribution in [-0.4, -0.2) is 23.7 Å². The van der Waals surface area contributed by atoms with E-state index >= 15 is 0 Å². The van der Waals surface area contributed by atoms with Crippen LogP contribution in [0.5, 0.6) is 0 Å². The lowest BCUT2D eigenvalue weighted by atomic mass is 9.97. The van der Waals surface area contributed by atoms with Crippen molar-refractivity contribution in [3.05, 3.63) is 24.8 Å². The summed E-state index contributed by atoms with van der Waals surface area (Å²) in [6.07, 6.45) is 23.9. The molecule has 1 unspecified atom stereocenters. The minimum absolute atomic E-state index is 0.144. The fraction of sp³-hybridized carbons (Fsp3) is 0.760. The van der Waals surface area contributed by atoms with Crippen molar-refractivity contribution in [3.8, 4) is 0 Å². The highest BCUT2D eigenvalue weighted by molar-refractivity contribution is 5.79. The highest BCUT2D eigenvalue weighted by Gasteiger charge is 2.22. The molecule has 4 heteroatoms. The van der Waals surface area contributed by atoms with Gasteiger partial charge in [0.2, 0.25) is 0 Å². The van der Waals surface area contributed by atoms with Gasteiger partial charge in [0.25, 0.3) is 0 Å². The Hall–Kier alpha value is -1.58. The van der Waals surface area contributed by atoms with Crippen LogP contribution < -0.4 is 0 Å². The van der Waals surface area contributed by atoms with Crippen molar-refractivity contribution >= 4 is 11.9 Å². The number of esters is 1. The van der Waals surface area contributed by atoms with Crippen LogP contribution in [0.15, 0.2) is 24.8 Å². The third-order valence-electron chi connectivity index (χ3n) is 5.14. The number of carboxylic acid groups (broad SMARTS) is 1. The molecule has 29 heavy (non-hydrogen) atoms. The van der Waals surface area contributed by atoms with Gasteiger partial charge in [0.15, 0.2) is 0 Å². The van der Waals surface area contributed by atoms with Crippen molar-refractivity contribution in [1.82, 2.24) is 0 Å². The number of carbonyl (C=O) groups is 2. The number of carboxylic acids is 1. The maximum absolute atomic E-state index is 11.9. The van der Waals surface area contributed by atoms with E-state index < -0.39 is 17.9 Å². The number of carbonyl (C=O) groups excluding carboxylic acids is 1. The summed E-state index contributed by atoms with van der Waals surface area (Å²) in [6.45, 7) is 5.86. The summed E-state index contributed by atoms with van der Waals surface area (Å²) in [6, 6.07) is 0. The second kappa shape index (κ2) is 21.1. The number of rotatable bonds is 21. The normalized spacial score (nSPS) is 12.2. The summed E-state index contributed by atoms with van der Waals surface area (Å²) in [5.41, 5.74) is 0. The fourth-order valence-corrected chi connectivity index (χ4v) is 3.42. The van der Waals surface area contributed by atoms with E-state index in [1.54, 1.807) is 0 Å². The summed E-state index contributed by atoms with van der Waals surface area (Å²) in [5, 5.41) is 8.96. The molecule has 0 fully saturated rings. The molecule has 0 aliphatic carbocycles. The van der Waals surface area contributed by atoms with Gasteiger partial charge in [0.05, 0.1) is 12.3 Å². The van der Waals surface area contributed by atoms with Crippen molar-refractivity contribution in [3.63, 3.8) is 0 Å². The van der Waals surface area contributed by atoms with Gasteiger partial charge in [-0.1, -0.05) is 102 Å². The van der Waals surface area contributed by atoms with Gasteiger partial charge in [0.1, 0.15) is 6.61 Å². The summed E-state index contributed by atoms with van der Waals surface area (Å²) in [4.78, 5) is 22.8. The third-order valence-corrected chi connectivity index (χ3v) is 5.14. The van der Waals surface area contributed by atoms with Gasteiger partial charge < -0.3 is 9.84 Å². The monoisotopic (exact) mass is 408 g/mol. The Balaban J connectivity index is 3.52. The first-order valence-electron chi connectivity index (χ1n) is 11.8. The maximum Gasteiger partial charge on any atom is 0.309 e. The molecule has 0 heterocycles. The van der Waals surface area contributed by atoms with Crippen molar-refractivity contribution in [2.24, 2.45) is 5.92 Å². The largest absolute Gasteiger partial charge is 0.481 e. The average Bonchev–Trinajstić information content (AvgIpc) is 2.70. The van der Waals surface area contributed by atoms with E-state index in [0.29, 0.717) is 6.42 Å². The van der Waals surface area contributed by atoms with Crippen molar-refractivity contribution in [1.29, 1.82) is 0 Å². The molecule has 0 saturated heterocycles. The Labute approximate surface area is 178 Å². The van der Waals surface area contributed by atoms with E-state index in [2.05, 4.69) is 25.7 Å². The van der Waals surface area contributed by atoms with Gasteiger partial charge in [-0.2, -0.15) is 0 Å². The quantitative estimate of drug-likeness (QED) is 0.124. The van der Waals surface area contributed by atoms with E-state index in [1.807, 2.05) is 0 Å². The third kappa shape index (κ3) is 19.5. The zero-order chi connectivity index (χ0) is 21.6. The van der Waals surface area contributed by atoms with Gasteiger partial charge >= 0.3 is 11.9 Å². The predicted molar refractivity (Wildman–Crippen MR) is 121 cm³/mol. The lowest BCUT2D eigenvalue weighted by Gasteiger charge is -2.13. The van der Waals surface area contributed by atoms with Crippen molar-refractivity contribution < 1.29 is 19.4 Å². The first-order valence-corrected chi connectivity index (χ1v) is 11.8. The zero-order valence-corrected chi connectivity index (χ0v) is 18.7. The van der Waals surface area contributed by atoms with E-state index in [4.69, 9.17) is 9.84 Å². The van der Waals surface area contributed by atoms with E-state index in [-0.39, 0.29) is 13.0 Å². The molecule has 0 spiro atoms. The van der Waals surface area contributed by atoms with E-state index in [0.717, 1.165) is 19.3 Å². The lowest BCUT2D eigenvalue weighted by Crippen LogP contribution is -2.21. The van der Waals surface area contributed by atoms with E-state index in [9.17, 15) is 9.59 Å².